The fraction of sp³-hybridized carbons (Fsp3) is 0.364. The molecule has 1 atom stereocenters. The maximum absolute atomic E-state index is 13.0. The third kappa shape index (κ3) is 3.85. The number of carbonyl (C=O) groups excluding carboxylic acids is 2. The molecule has 30 heavy (non-hydrogen) atoms. The molecular formula is C22H25N3O4S. The number of fused-ring (bicyclic) bond motifs is 1. The summed E-state index contributed by atoms with van der Waals surface area (Å²) in [5, 5.41) is 0. The predicted molar refractivity (Wildman–Crippen MR) is 114 cm³/mol. The van der Waals surface area contributed by atoms with Crippen LogP contribution in [0.5, 0.6) is 0 Å². The number of anilines is 1. The van der Waals surface area contributed by atoms with Crippen LogP contribution in [0.4, 0.5) is 10.5 Å². The molecule has 2 fully saturated rings. The number of hydrogen-bond acceptors (Lipinski definition) is 5. The Kier molecular flexibility index (Phi) is 5.62. The van der Waals surface area contributed by atoms with Crippen LogP contribution in [0.2, 0.25) is 0 Å². The number of imide groups is 1. The summed E-state index contributed by atoms with van der Waals surface area (Å²) in [5.41, 5.74) is 1.72. The van der Waals surface area contributed by atoms with E-state index in [-0.39, 0.29) is 17.7 Å². The summed E-state index contributed by atoms with van der Waals surface area (Å²) in [6, 6.07) is 15.0. The summed E-state index contributed by atoms with van der Waals surface area (Å²) in [7, 11) is -3.38. The highest BCUT2D eigenvalue weighted by Gasteiger charge is 2.48. The van der Waals surface area contributed by atoms with Gasteiger partial charge in [-0.05, 0) is 36.2 Å². The standard InChI is InChI=1S/C22H25N3O4S/c1-2-17-8-10-18(11-9-17)25-21(26)20-16-23(12-13-24(20)22(25)27)14-15-30(28,29)19-6-4-3-5-7-19/h3-11,20H,2,12-16H2,1H3. The quantitative estimate of drug-likeness (QED) is 0.661. The van der Waals surface area contributed by atoms with Crippen molar-refractivity contribution in [2.24, 2.45) is 0 Å². The Morgan fingerprint density at radius 3 is 2.33 bits per heavy atom. The van der Waals surface area contributed by atoms with Gasteiger partial charge in [-0.25, -0.2) is 18.1 Å². The number of benzene rings is 2. The zero-order chi connectivity index (χ0) is 21.3. The fourth-order valence-electron chi connectivity index (χ4n) is 3.97. The second-order valence-corrected chi connectivity index (χ2v) is 9.73. The Bertz CT molecular complexity index is 1040. The zero-order valence-electron chi connectivity index (χ0n) is 16.9. The SMILES string of the molecule is CCc1ccc(N2C(=O)C3CN(CCS(=O)(=O)c4ccccc4)CCN3C2=O)cc1. The van der Waals surface area contributed by atoms with E-state index in [2.05, 4.69) is 0 Å². The molecule has 2 aromatic carbocycles. The molecular weight excluding hydrogens is 402 g/mol. The predicted octanol–water partition coefficient (Wildman–Crippen LogP) is 2.18. The molecule has 0 radical (unpaired) electrons. The molecule has 2 heterocycles. The van der Waals surface area contributed by atoms with Gasteiger partial charge in [0, 0.05) is 26.2 Å². The van der Waals surface area contributed by atoms with E-state index in [1.165, 1.54) is 4.90 Å². The highest BCUT2D eigenvalue weighted by molar-refractivity contribution is 7.91. The molecule has 4 rings (SSSR count). The lowest BCUT2D eigenvalue weighted by molar-refractivity contribution is -0.121. The van der Waals surface area contributed by atoms with Crippen molar-refractivity contribution in [2.45, 2.75) is 24.3 Å². The van der Waals surface area contributed by atoms with Gasteiger partial charge in [0.15, 0.2) is 9.84 Å². The summed E-state index contributed by atoms with van der Waals surface area (Å²) < 4.78 is 25.1. The average molecular weight is 428 g/mol. The summed E-state index contributed by atoms with van der Waals surface area (Å²) in [5.74, 6) is -0.270. The van der Waals surface area contributed by atoms with Gasteiger partial charge in [-0.2, -0.15) is 0 Å². The number of rotatable bonds is 6. The summed E-state index contributed by atoms with van der Waals surface area (Å²) >= 11 is 0. The molecule has 0 aliphatic carbocycles. The van der Waals surface area contributed by atoms with Gasteiger partial charge in [0.2, 0.25) is 0 Å². The normalized spacial score (nSPS) is 20.0. The molecule has 2 saturated heterocycles. The van der Waals surface area contributed by atoms with Crippen LogP contribution in [0.1, 0.15) is 12.5 Å². The van der Waals surface area contributed by atoms with Gasteiger partial charge < -0.3 is 4.90 Å². The maximum atomic E-state index is 13.0. The average Bonchev–Trinajstić information content (AvgIpc) is 3.03. The van der Waals surface area contributed by atoms with Crippen molar-refractivity contribution in [1.82, 2.24) is 9.80 Å². The molecule has 7 nitrogen and oxygen atoms in total. The molecule has 0 saturated carbocycles. The van der Waals surface area contributed by atoms with E-state index in [0.29, 0.717) is 36.8 Å². The Balaban J connectivity index is 1.43. The van der Waals surface area contributed by atoms with Crippen LogP contribution in [0.3, 0.4) is 0 Å². The van der Waals surface area contributed by atoms with Crippen molar-refractivity contribution >= 4 is 27.5 Å². The van der Waals surface area contributed by atoms with E-state index in [1.54, 1.807) is 47.4 Å². The van der Waals surface area contributed by atoms with Crippen LogP contribution in [0.15, 0.2) is 59.5 Å². The second kappa shape index (κ2) is 8.20. The zero-order valence-corrected chi connectivity index (χ0v) is 17.7. The van der Waals surface area contributed by atoms with Crippen LogP contribution < -0.4 is 4.90 Å². The molecule has 8 heteroatoms. The number of hydrogen-bond donors (Lipinski definition) is 0. The van der Waals surface area contributed by atoms with Gasteiger partial charge in [-0.15, -0.1) is 0 Å². The first-order chi connectivity index (χ1) is 14.4. The topological polar surface area (TPSA) is 78.0 Å². The number of amides is 3. The van der Waals surface area contributed by atoms with Crippen LogP contribution in [-0.4, -0.2) is 68.1 Å². The Labute approximate surface area is 176 Å². The minimum Gasteiger partial charge on any atom is -0.309 e. The number of piperazine rings is 1. The number of urea groups is 1. The molecule has 0 bridgehead atoms. The molecule has 0 N–H and O–H groups in total. The lowest BCUT2D eigenvalue weighted by atomic mass is 10.1. The Hall–Kier alpha value is -2.71. The number of aryl methyl sites for hydroxylation is 1. The summed E-state index contributed by atoms with van der Waals surface area (Å²) in [6.45, 7) is 3.67. The molecule has 2 aromatic rings. The van der Waals surface area contributed by atoms with Crippen molar-refractivity contribution in [3.8, 4) is 0 Å². The summed E-state index contributed by atoms with van der Waals surface area (Å²) in [4.78, 5) is 30.9. The van der Waals surface area contributed by atoms with Crippen LogP contribution in [0.25, 0.3) is 0 Å². The molecule has 1 unspecified atom stereocenters. The van der Waals surface area contributed by atoms with E-state index in [9.17, 15) is 18.0 Å². The minimum absolute atomic E-state index is 0.0198. The third-order valence-corrected chi connectivity index (χ3v) is 7.50. The Morgan fingerprint density at radius 2 is 1.67 bits per heavy atom. The first kappa shape index (κ1) is 20.6. The van der Waals surface area contributed by atoms with Crippen molar-refractivity contribution in [3.05, 3.63) is 60.2 Å². The van der Waals surface area contributed by atoms with E-state index < -0.39 is 15.9 Å². The maximum Gasteiger partial charge on any atom is 0.332 e. The molecule has 0 aromatic heterocycles. The van der Waals surface area contributed by atoms with Crippen LogP contribution in [0, 0.1) is 0 Å². The third-order valence-electron chi connectivity index (χ3n) is 5.79. The minimum atomic E-state index is -3.38. The second-order valence-electron chi connectivity index (χ2n) is 7.62. The van der Waals surface area contributed by atoms with Crippen molar-refractivity contribution < 1.29 is 18.0 Å². The lowest BCUT2D eigenvalue weighted by Gasteiger charge is -2.35. The lowest BCUT2D eigenvalue weighted by Crippen LogP contribution is -2.53. The van der Waals surface area contributed by atoms with Gasteiger partial charge in [0.1, 0.15) is 6.04 Å². The Morgan fingerprint density at radius 1 is 0.967 bits per heavy atom. The van der Waals surface area contributed by atoms with Crippen LogP contribution in [-0.2, 0) is 21.1 Å². The fourth-order valence-corrected chi connectivity index (χ4v) is 5.27. The largest absolute Gasteiger partial charge is 0.332 e. The molecule has 2 aliphatic heterocycles. The highest BCUT2D eigenvalue weighted by atomic mass is 32.2. The van der Waals surface area contributed by atoms with Crippen molar-refractivity contribution in [3.63, 3.8) is 0 Å². The monoisotopic (exact) mass is 427 g/mol. The molecule has 0 spiro atoms. The van der Waals surface area contributed by atoms with Gasteiger partial charge in [-0.1, -0.05) is 37.3 Å². The van der Waals surface area contributed by atoms with Gasteiger partial charge in [0.05, 0.1) is 16.3 Å². The first-order valence-electron chi connectivity index (χ1n) is 10.1. The van der Waals surface area contributed by atoms with E-state index >= 15 is 0 Å². The number of sulfone groups is 1. The van der Waals surface area contributed by atoms with Gasteiger partial charge >= 0.3 is 6.03 Å². The van der Waals surface area contributed by atoms with E-state index in [4.69, 9.17) is 0 Å². The number of carbonyl (C=O) groups is 2. The van der Waals surface area contributed by atoms with E-state index in [1.807, 2.05) is 24.0 Å². The summed E-state index contributed by atoms with van der Waals surface area (Å²) in [6.07, 6.45) is 0.887. The first-order valence-corrected chi connectivity index (χ1v) is 11.8. The van der Waals surface area contributed by atoms with Crippen molar-refractivity contribution in [1.29, 1.82) is 0 Å². The smallest absolute Gasteiger partial charge is 0.309 e. The molecule has 2 aliphatic rings. The van der Waals surface area contributed by atoms with E-state index in [0.717, 1.165) is 12.0 Å². The van der Waals surface area contributed by atoms with Gasteiger partial charge in [0.25, 0.3) is 5.91 Å². The highest BCUT2D eigenvalue weighted by Crippen LogP contribution is 2.28. The molecule has 158 valence electrons. The molecule has 3 amide bonds. The van der Waals surface area contributed by atoms with Gasteiger partial charge in [-0.3, -0.25) is 9.69 Å². The van der Waals surface area contributed by atoms with Crippen molar-refractivity contribution in [2.75, 3.05) is 36.8 Å². The van der Waals surface area contributed by atoms with Crippen LogP contribution >= 0.6 is 0 Å². The number of nitrogens with zero attached hydrogens (tertiary/aromatic N) is 3.